The lowest BCUT2D eigenvalue weighted by atomic mass is 10.2. The fourth-order valence-corrected chi connectivity index (χ4v) is 0.625. The fourth-order valence-electron chi connectivity index (χ4n) is 0.625. The van der Waals surface area contributed by atoms with Gasteiger partial charge in [0.15, 0.2) is 5.82 Å². The van der Waals surface area contributed by atoms with Crippen LogP contribution in [0.5, 0.6) is 0 Å². The molecule has 0 fully saturated rings. The fraction of sp³-hybridized carbons (Fsp3) is 0.333. The second kappa shape index (κ2) is 3.03. The summed E-state index contributed by atoms with van der Waals surface area (Å²) in [6.45, 7) is 0. The summed E-state index contributed by atoms with van der Waals surface area (Å²) < 4.78 is 4.22. The number of aromatic nitrogens is 2. The van der Waals surface area contributed by atoms with E-state index in [0.29, 0.717) is 6.42 Å². The van der Waals surface area contributed by atoms with Gasteiger partial charge in [0.25, 0.3) is 0 Å². The molecule has 0 aliphatic carbocycles. The minimum Gasteiger partial charge on any atom is -0.320 e. The van der Waals surface area contributed by atoms with Gasteiger partial charge in [-0.15, -0.1) is 12.3 Å². The molecule has 0 aromatic carbocycles. The number of hydrogen-bond donors (Lipinski definition) is 2. The van der Waals surface area contributed by atoms with E-state index in [9.17, 15) is 4.79 Å². The van der Waals surface area contributed by atoms with Crippen LogP contribution in [0.25, 0.3) is 0 Å². The number of hydrogen-bond acceptors (Lipinski definition) is 4. The number of nitrogens with one attached hydrogen (secondary N) is 1. The SMILES string of the molecule is C#CC[C@@H](N)c1noc(=O)[nH]1. The average molecular weight is 153 g/mol. The Labute approximate surface area is 62.6 Å². The van der Waals surface area contributed by atoms with E-state index >= 15 is 0 Å². The van der Waals surface area contributed by atoms with Gasteiger partial charge in [0.1, 0.15) is 0 Å². The second-order valence-electron chi connectivity index (χ2n) is 2.00. The van der Waals surface area contributed by atoms with E-state index in [1.807, 2.05) is 0 Å². The topological polar surface area (TPSA) is 84.9 Å². The first kappa shape index (κ1) is 7.57. The van der Waals surface area contributed by atoms with Crippen LogP contribution in [0.3, 0.4) is 0 Å². The summed E-state index contributed by atoms with van der Waals surface area (Å²) in [6.07, 6.45) is 5.32. The van der Waals surface area contributed by atoms with Crippen LogP contribution in [0.1, 0.15) is 18.3 Å². The molecule has 58 valence electrons. The third kappa shape index (κ3) is 1.69. The van der Waals surface area contributed by atoms with E-state index in [2.05, 4.69) is 20.6 Å². The van der Waals surface area contributed by atoms with Crippen molar-refractivity contribution >= 4 is 0 Å². The molecule has 0 aliphatic heterocycles. The molecule has 1 aromatic rings. The standard InChI is InChI=1S/C6H7N3O2/c1-2-3-4(7)5-8-6(10)11-9-5/h1,4H,3,7H2,(H,8,9,10)/t4-/m1/s1. The highest BCUT2D eigenvalue weighted by atomic mass is 16.5. The Kier molecular flexibility index (Phi) is 2.09. The molecule has 1 heterocycles. The smallest absolute Gasteiger partial charge is 0.320 e. The Hall–Kier alpha value is -1.54. The van der Waals surface area contributed by atoms with Gasteiger partial charge in [0.05, 0.1) is 6.04 Å². The van der Waals surface area contributed by atoms with E-state index in [1.54, 1.807) is 0 Å². The summed E-state index contributed by atoms with van der Waals surface area (Å²) in [7, 11) is 0. The van der Waals surface area contributed by atoms with Gasteiger partial charge in [0.2, 0.25) is 0 Å². The van der Waals surface area contributed by atoms with Crippen LogP contribution in [0.4, 0.5) is 0 Å². The van der Waals surface area contributed by atoms with E-state index in [0.717, 1.165) is 0 Å². The third-order valence-corrected chi connectivity index (χ3v) is 1.15. The lowest BCUT2D eigenvalue weighted by molar-refractivity contribution is 0.377. The molecule has 0 saturated heterocycles. The van der Waals surface area contributed by atoms with Crippen LogP contribution in [0.2, 0.25) is 0 Å². The van der Waals surface area contributed by atoms with Gasteiger partial charge in [-0.2, -0.15) is 0 Å². The van der Waals surface area contributed by atoms with Crippen molar-refractivity contribution in [3.63, 3.8) is 0 Å². The van der Waals surface area contributed by atoms with E-state index in [-0.39, 0.29) is 5.82 Å². The van der Waals surface area contributed by atoms with Gasteiger partial charge in [-0.1, -0.05) is 5.16 Å². The molecule has 11 heavy (non-hydrogen) atoms. The maximum absolute atomic E-state index is 10.4. The molecule has 0 spiro atoms. The van der Waals surface area contributed by atoms with Crippen molar-refractivity contribution in [1.82, 2.24) is 10.1 Å². The number of rotatable bonds is 2. The quantitative estimate of drug-likeness (QED) is 0.555. The maximum atomic E-state index is 10.4. The van der Waals surface area contributed by atoms with Crippen LogP contribution >= 0.6 is 0 Å². The van der Waals surface area contributed by atoms with Crippen LogP contribution in [0.15, 0.2) is 9.32 Å². The van der Waals surface area contributed by atoms with Crippen LogP contribution in [0, 0.1) is 12.3 Å². The summed E-state index contributed by atoms with van der Waals surface area (Å²) in [5.41, 5.74) is 5.48. The molecule has 0 saturated carbocycles. The van der Waals surface area contributed by atoms with Gasteiger partial charge in [-0.3, -0.25) is 9.51 Å². The third-order valence-electron chi connectivity index (χ3n) is 1.15. The van der Waals surface area contributed by atoms with Gasteiger partial charge in [-0.25, -0.2) is 4.79 Å². The first-order valence-electron chi connectivity index (χ1n) is 2.99. The zero-order valence-corrected chi connectivity index (χ0v) is 5.70. The van der Waals surface area contributed by atoms with Gasteiger partial charge < -0.3 is 5.73 Å². The van der Waals surface area contributed by atoms with E-state index < -0.39 is 11.8 Å². The molecule has 0 amide bonds. The highest BCUT2D eigenvalue weighted by Gasteiger charge is 2.08. The van der Waals surface area contributed by atoms with Crippen LogP contribution < -0.4 is 11.5 Å². The van der Waals surface area contributed by atoms with Crippen molar-refractivity contribution in [1.29, 1.82) is 0 Å². The monoisotopic (exact) mass is 153 g/mol. The highest BCUT2D eigenvalue weighted by molar-refractivity contribution is 4.97. The number of terminal acetylenes is 1. The van der Waals surface area contributed by atoms with Crippen molar-refractivity contribution < 1.29 is 4.52 Å². The van der Waals surface area contributed by atoms with E-state index in [1.165, 1.54) is 0 Å². The van der Waals surface area contributed by atoms with Gasteiger partial charge in [0, 0.05) is 6.42 Å². The van der Waals surface area contributed by atoms with Crippen molar-refractivity contribution in [2.24, 2.45) is 5.73 Å². The van der Waals surface area contributed by atoms with Crippen molar-refractivity contribution in [3.05, 3.63) is 16.4 Å². The molecule has 0 unspecified atom stereocenters. The lowest BCUT2D eigenvalue weighted by Gasteiger charge is -1.99. The number of aromatic amines is 1. The van der Waals surface area contributed by atoms with Crippen molar-refractivity contribution in [3.8, 4) is 12.3 Å². The van der Waals surface area contributed by atoms with Crippen LogP contribution in [-0.2, 0) is 0 Å². The number of nitrogens with zero attached hydrogens (tertiary/aromatic N) is 1. The molecule has 1 atom stereocenters. The Balaban J connectivity index is 2.78. The molecule has 5 nitrogen and oxygen atoms in total. The second-order valence-corrected chi connectivity index (χ2v) is 2.00. The summed E-state index contributed by atoms with van der Waals surface area (Å²) in [5, 5.41) is 3.37. The Morgan fingerprint density at radius 1 is 1.91 bits per heavy atom. The largest absolute Gasteiger partial charge is 0.438 e. The highest BCUT2D eigenvalue weighted by Crippen LogP contribution is 2.04. The predicted octanol–water partition coefficient (Wildman–Crippen LogP) is -0.614. The lowest BCUT2D eigenvalue weighted by Crippen LogP contribution is -2.12. The van der Waals surface area contributed by atoms with Crippen molar-refractivity contribution in [2.45, 2.75) is 12.5 Å². The minimum absolute atomic E-state index is 0.285. The first-order chi connectivity index (χ1) is 5.24. The van der Waals surface area contributed by atoms with Gasteiger partial charge >= 0.3 is 5.76 Å². The molecular weight excluding hydrogens is 146 g/mol. The van der Waals surface area contributed by atoms with Crippen LogP contribution in [-0.4, -0.2) is 10.1 Å². The Morgan fingerprint density at radius 2 is 2.64 bits per heavy atom. The average Bonchev–Trinajstić information content (AvgIpc) is 2.36. The summed E-state index contributed by atoms with van der Waals surface area (Å²) in [5.74, 6) is 2.01. The summed E-state index contributed by atoms with van der Waals surface area (Å²) in [4.78, 5) is 12.7. The number of nitrogens with two attached hydrogens (primary N) is 1. The minimum atomic E-state index is -0.618. The molecule has 5 heteroatoms. The Morgan fingerprint density at radius 3 is 3.09 bits per heavy atom. The zero-order valence-electron chi connectivity index (χ0n) is 5.70. The van der Waals surface area contributed by atoms with E-state index in [4.69, 9.17) is 12.2 Å². The predicted molar refractivity (Wildman–Crippen MR) is 37.5 cm³/mol. The van der Waals surface area contributed by atoms with Gasteiger partial charge in [-0.05, 0) is 0 Å². The maximum Gasteiger partial charge on any atom is 0.438 e. The molecule has 0 radical (unpaired) electrons. The van der Waals surface area contributed by atoms with Crippen molar-refractivity contribution in [2.75, 3.05) is 0 Å². The molecule has 0 aliphatic rings. The molecule has 0 bridgehead atoms. The zero-order chi connectivity index (χ0) is 8.27. The molecular formula is C6H7N3O2. The molecule has 1 rings (SSSR count). The first-order valence-corrected chi connectivity index (χ1v) is 2.99. The normalized spacial score (nSPS) is 12.4. The molecule has 3 N–H and O–H groups in total. The number of H-pyrrole nitrogens is 1. The summed E-state index contributed by atoms with van der Waals surface area (Å²) >= 11 is 0. The summed E-state index contributed by atoms with van der Waals surface area (Å²) in [6, 6.07) is -0.452. The Bertz CT molecular complexity index is 319. The molecule has 1 aromatic heterocycles.